The van der Waals surface area contributed by atoms with Crippen molar-refractivity contribution in [2.24, 2.45) is 0 Å². The fraction of sp³-hybridized carbons (Fsp3) is 0.176. The summed E-state index contributed by atoms with van der Waals surface area (Å²) in [6.07, 6.45) is 2.61. The molecular formula is C17H15FO3S. The van der Waals surface area contributed by atoms with Gasteiger partial charge in [-0.3, -0.25) is 4.79 Å². The largest absolute Gasteiger partial charge is 0.454 e. The number of aryl methyl sites for hydroxylation is 2. The second-order valence-corrected chi connectivity index (χ2v) is 6.21. The molecule has 0 aliphatic rings. The lowest BCUT2D eigenvalue weighted by Crippen LogP contribution is -2.12. The van der Waals surface area contributed by atoms with Crippen molar-refractivity contribution in [2.75, 3.05) is 6.61 Å². The van der Waals surface area contributed by atoms with Crippen LogP contribution in [0.1, 0.15) is 25.7 Å². The molecule has 3 nitrogen and oxygen atoms in total. The molecule has 22 heavy (non-hydrogen) atoms. The van der Waals surface area contributed by atoms with Crippen LogP contribution in [0.3, 0.4) is 0 Å². The molecule has 0 bridgehead atoms. The molecule has 0 atom stereocenters. The summed E-state index contributed by atoms with van der Waals surface area (Å²) in [5, 5.41) is 0. The number of esters is 1. The van der Waals surface area contributed by atoms with Crippen LogP contribution in [0.5, 0.6) is 0 Å². The van der Waals surface area contributed by atoms with Crippen molar-refractivity contribution >= 4 is 29.2 Å². The summed E-state index contributed by atoms with van der Waals surface area (Å²) >= 11 is 1.53. The Bertz CT molecular complexity index is 731. The van der Waals surface area contributed by atoms with E-state index in [2.05, 4.69) is 0 Å². The first-order valence-electron chi connectivity index (χ1n) is 6.66. The Morgan fingerprint density at radius 3 is 2.68 bits per heavy atom. The molecule has 0 amide bonds. The van der Waals surface area contributed by atoms with E-state index in [1.807, 2.05) is 13.8 Å². The smallest absolute Gasteiger partial charge is 0.331 e. The Balaban J connectivity index is 1.90. The predicted molar refractivity (Wildman–Crippen MR) is 84.5 cm³/mol. The van der Waals surface area contributed by atoms with Gasteiger partial charge >= 0.3 is 5.97 Å². The Morgan fingerprint density at radius 2 is 2.05 bits per heavy atom. The van der Waals surface area contributed by atoms with E-state index in [1.54, 1.807) is 18.2 Å². The van der Waals surface area contributed by atoms with E-state index in [9.17, 15) is 14.0 Å². The van der Waals surface area contributed by atoms with Crippen molar-refractivity contribution in [1.82, 2.24) is 0 Å². The summed E-state index contributed by atoms with van der Waals surface area (Å²) in [4.78, 5) is 25.5. The van der Waals surface area contributed by atoms with Crippen LogP contribution in [0.15, 0.2) is 36.4 Å². The normalized spacial score (nSPS) is 10.9. The second kappa shape index (κ2) is 7.13. The molecule has 0 unspecified atom stereocenters. The highest BCUT2D eigenvalue weighted by Crippen LogP contribution is 2.21. The Hall–Kier alpha value is -2.27. The van der Waals surface area contributed by atoms with Crippen molar-refractivity contribution in [3.05, 3.63) is 63.1 Å². The number of carbonyl (C=O) groups excluding carboxylic acids is 2. The Labute approximate surface area is 132 Å². The summed E-state index contributed by atoms with van der Waals surface area (Å²) in [6, 6.07) is 7.62. The van der Waals surface area contributed by atoms with Crippen molar-refractivity contribution in [3.8, 4) is 0 Å². The number of hydrogen-bond donors (Lipinski definition) is 0. The van der Waals surface area contributed by atoms with E-state index >= 15 is 0 Å². The van der Waals surface area contributed by atoms with Gasteiger partial charge in [-0.25, -0.2) is 9.18 Å². The zero-order chi connectivity index (χ0) is 16.1. The molecule has 0 spiro atoms. The van der Waals surface area contributed by atoms with Crippen LogP contribution in [0.25, 0.3) is 6.08 Å². The van der Waals surface area contributed by atoms with Gasteiger partial charge in [-0.15, -0.1) is 11.3 Å². The maximum Gasteiger partial charge on any atom is 0.331 e. The monoisotopic (exact) mass is 318 g/mol. The number of Topliss-reactive ketones (excluding diaryl/α,β-unsaturated/α-hetero) is 1. The van der Waals surface area contributed by atoms with Crippen LogP contribution in [0.2, 0.25) is 0 Å². The lowest BCUT2D eigenvalue weighted by atomic mass is 10.2. The fourth-order valence-corrected chi connectivity index (χ4v) is 2.89. The van der Waals surface area contributed by atoms with Crippen LogP contribution >= 0.6 is 11.3 Å². The van der Waals surface area contributed by atoms with Gasteiger partial charge in [0.15, 0.2) is 6.61 Å². The number of thiophene rings is 1. The lowest BCUT2D eigenvalue weighted by Gasteiger charge is -2.01. The number of benzene rings is 1. The molecule has 0 fully saturated rings. The molecular weight excluding hydrogens is 303 g/mol. The van der Waals surface area contributed by atoms with Gasteiger partial charge in [-0.05, 0) is 43.7 Å². The van der Waals surface area contributed by atoms with Crippen molar-refractivity contribution in [1.29, 1.82) is 0 Å². The van der Waals surface area contributed by atoms with Gasteiger partial charge in [-0.2, -0.15) is 0 Å². The number of carbonyl (C=O) groups is 2. The van der Waals surface area contributed by atoms with Gasteiger partial charge in [0.1, 0.15) is 5.82 Å². The Kier molecular flexibility index (Phi) is 5.22. The van der Waals surface area contributed by atoms with Gasteiger partial charge in [0, 0.05) is 21.4 Å². The van der Waals surface area contributed by atoms with E-state index in [-0.39, 0.29) is 18.2 Å². The molecule has 2 aromatic rings. The number of ketones is 1. The molecule has 0 aliphatic carbocycles. The second-order valence-electron chi connectivity index (χ2n) is 4.75. The first-order valence-corrected chi connectivity index (χ1v) is 7.48. The number of ether oxygens (including phenoxy) is 1. The number of halogens is 1. The van der Waals surface area contributed by atoms with Crippen molar-refractivity contribution in [2.45, 2.75) is 13.8 Å². The highest BCUT2D eigenvalue weighted by molar-refractivity contribution is 7.12. The van der Waals surface area contributed by atoms with Crippen LogP contribution in [0.4, 0.5) is 4.39 Å². The molecule has 114 valence electrons. The third-order valence-corrected chi connectivity index (χ3v) is 3.91. The average Bonchev–Trinajstić information content (AvgIpc) is 2.81. The number of hydrogen-bond acceptors (Lipinski definition) is 4. The maximum absolute atomic E-state index is 13.0. The number of rotatable bonds is 5. The van der Waals surface area contributed by atoms with E-state index in [0.29, 0.717) is 11.1 Å². The molecule has 0 N–H and O–H groups in total. The molecule has 0 saturated carbocycles. The molecule has 1 heterocycles. The van der Waals surface area contributed by atoms with Crippen LogP contribution in [-0.4, -0.2) is 18.4 Å². The summed E-state index contributed by atoms with van der Waals surface area (Å²) in [6.45, 7) is 3.47. The highest BCUT2D eigenvalue weighted by atomic mass is 32.1. The third-order valence-electron chi connectivity index (χ3n) is 2.95. The van der Waals surface area contributed by atoms with Gasteiger partial charge in [0.05, 0.1) is 0 Å². The first kappa shape index (κ1) is 16.1. The Morgan fingerprint density at radius 1 is 1.27 bits per heavy atom. The predicted octanol–water partition coefficient (Wildman–Crippen LogP) is 3.94. The van der Waals surface area contributed by atoms with Gasteiger partial charge < -0.3 is 4.74 Å². The van der Waals surface area contributed by atoms with Crippen LogP contribution in [0, 0.1) is 19.7 Å². The average molecular weight is 318 g/mol. The van der Waals surface area contributed by atoms with Crippen molar-refractivity contribution < 1.29 is 18.7 Å². The molecule has 1 aromatic carbocycles. The molecule has 5 heteroatoms. The van der Waals surface area contributed by atoms with Crippen molar-refractivity contribution in [3.63, 3.8) is 0 Å². The zero-order valence-corrected chi connectivity index (χ0v) is 13.1. The summed E-state index contributed by atoms with van der Waals surface area (Å²) in [5.74, 6) is -1.24. The van der Waals surface area contributed by atoms with E-state index in [1.165, 1.54) is 35.6 Å². The molecule has 0 aliphatic heterocycles. The standard InChI is InChI=1S/C17H15FO3S/c1-11-8-15(12(2)22-11)16(19)10-21-17(20)7-6-13-4-3-5-14(18)9-13/h3-9H,10H2,1-2H3/b7-6+. The minimum absolute atomic E-state index is 0.227. The molecule has 0 radical (unpaired) electrons. The van der Waals surface area contributed by atoms with Gasteiger partial charge in [0.2, 0.25) is 5.78 Å². The SMILES string of the molecule is Cc1cc(C(=O)COC(=O)/C=C/c2cccc(F)c2)c(C)s1. The minimum Gasteiger partial charge on any atom is -0.454 e. The van der Waals surface area contributed by atoms with Crippen LogP contribution in [-0.2, 0) is 9.53 Å². The van der Waals surface area contributed by atoms with Gasteiger partial charge in [-0.1, -0.05) is 12.1 Å². The summed E-state index contributed by atoms with van der Waals surface area (Å²) < 4.78 is 17.9. The lowest BCUT2D eigenvalue weighted by molar-refractivity contribution is -0.136. The molecule has 0 saturated heterocycles. The first-order chi connectivity index (χ1) is 10.5. The van der Waals surface area contributed by atoms with E-state index in [0.717, 1.165) is 9.75 Å². The summed E-state index contributed by atoms with van der Waals surface area (Å²) in [7, 11) is 0. The molecule has 1 aromatic heterocycles. The quantitative estimate of drug-likeness (QED) is 0.476. The topological polar surface area (TPSA) is 43.4 Å². The van der Waals surface area contributed by atoms with E-state index < -0.39 is 5.97 Å². The van der Waals surface area contributed by atoms with E-state index in [4.69, 9.17) is 4.74 Å². The minimum atomic E-state index is -0.637. The maximum atomic E-state index is 13.0. The fourth-order valence-electron chi connectivity index (χ4n) is 1.94. The third kappa shape index (κ3) is 4.36. The highest BCUT2D eigenvalue weighted by Gasteiger charge is 2.13. The van der Waals surface area contributed by atoms with Gasteiger partial charge in [0.25, 0.3) is 0 Å². The van der Waals surface area contributed by atoms with Crippen LogP contribution < -0.4 is 0 Å². The zero-order valence-electron chi connectivity index (χ0n) is 12.3. The summed E-state index contributed by atoms with van der Waals surface area (Å²) in [5.41, 5.74) is 1.14. The molecule has 2 rings (SSSR count).